The molecule has 1 unspecified atom stereocenters. The minimum atomic E-state index is 0.0175. The number of anilines is 2. The van der Waals surface area contributed by atoms with E-state index < -0.39 is 0 Å². The maximum atomic E-state index is 5.57. The summed E-state index contributed by atoms with van der Waals surface area (Å²) in [6.45, 7) is 10.2. The molecule has 3 aromatic rings. The van der Waals surface area contributed by atoms with Crippen LogP contribution in [0.15, 0.2) is 36.8 Å². The normalized spacial score (nSPS) is 23.4. The maximum Gasteiger partial charge on any atom is 0.154 e. The van der Waals surface area contributed by atoms with Gasteiger partial charge in [0.15, 0.2) is 5.82 Å². The molecule has 8 heteroatoms. The van der Waals surface area contributed by atoms with Crippen LogP contribution in [0.3, 0.4) is 0 Å². The molecule has 3 aromatic heterocycles. The van der Waals surface area contributed by atoms with Crippen molar-refractivity contribution in [3.63, 3.8) is 0 Å². The smallest absolute Gasteiger partial charge is 0.154 e. The number of rotatable bonds is 5. The molecule has 2 aliphatic rings. The van der Waals surface area contributed by atoms with Crippen molar-refractivity contribution in [1.29, 1.82) is 0 Å². The summed E-state index contributed by atoms with van der Waals surface area (Å²) in [6.07, 6.45) is 5.72. The summed E-state index contributed by atoms with van der Waals surface area (Å²) in [5.74, 6) is 2.37. The number of aromatic nitrogens is 4. The summed E-state index contributed by atoms with van der Waals surface area (Å²) in [6, 6.07) is 9.41. The van der Waals surface area contributed by atoms with E-state index in [1.165, 1.54) is 5.56 Å². The summed E-state index contributed by atoms with van der Waals surface area (Å²) < 4.78 is 7.50. The molecule has 0 radical (unpaired) electrons. The van der Waals surface area contributed by atoms with E-state index in [1.807, 2.05) is 10.7 Å². The Bertz CT molecular complexity index is 1050. The van der Waals surface area contributed by atoms with Crippen molar-refractivity contribution in [1.82, 2.24) is 24.9 Å². The number of fused-ring (bicyclic) bond motifs is 1. The van der Waals surface area contributed by atoms with Crippen molar-refractivity contribution in [3.05, 3.63) is 48.0 Å². The number of nitrogens with zero attached hydrogens (tertiary/aromatic N) is 5. The molecule has 32 heavy (non-hydrogen) atoms. The fourth-order valence-electron chi connectivity index (χ4n) is 5.07. The van der Waals surface area contributed by atoms with Gasteiger partial charge in [0.2, 0.25) is 0 Å². The predicted molar refractivity (Wildman–Crippen MR) is 126 cm³/mol. The van der Waals surface area contributed by atoms with E-state index in [-0.39, 0.29) is 6.04 Å². The van der Waals surface area contributed by atoms with E-state index in [0.29, 0.717) is 18.0 Å². The highest BCUT2D eigenvalue weighted by atomic mass is 16.5. The Morgan fingerprint density at radius 2 is 1.91 bits per heavy atom. The minimum absolute atomic E-state index is 0.0175. The molecule has 5 heterocycles. The average molecular weight is 436 g/mol. The first-order valence-corrected chi connectivity index (χ1v) is 11.7. The minimum Gasteiger partial charge on any atom is -0.381 e. The Balaban J connectivity index is 1.39. The summed E-state index contributed by atoms with van der Waals surface area (Å²) in [7, 11) is 0. The Hall–Kier alpha value is -2.71. The van der Waals surface area contributed by atoms with Gasteiger partial charge in [-0.1, -0.05) is 6.07 Å². The molecule has 0 aliphatic carbocycles. The van der Waals surface area contributed by atoms with Gasteiger partial charge in [-0.3, -0.25) is 0 Å². The first kappa shape index (κ1) is 21.2. The van der Waals surface area contributed by atoms with Crippen molar-refractivity contribution in [2.24, 2.45) is 0 Å². The third-order valence-electron chi connectivity index (χ3n) is 6.58. The van der Waals surface area contributed by atoms with E-state index >= 15 is 0 Å². The van der Waals surface area contributed by atoms with Crippen LogP contribution >= 0.6 is 0 Å². The average Bonchev–Trinajstić information content (AvgIpc) is 3.24. The first-order valence-electron chi connectivity index (χ1n) is 11.7. The lowest BCUT2D eigenvalue weighted by molar-refractivity contribution is 0.0856. The van der Waals surface area contributed by atoms with Gasteiger partial charge < -0.3 is 20.3 Å². The van der Waals surface area contributed by atoms with Gasteiger partial charge in [-0.15, -0.1) is 0 Å². The number of hydrogen-bond donors (Lipinski definition) is 2. The topological polar surface area (TPSA) is 79.6 Å². The molecule has 0 amide bonds. The van der Waals surface area contributed by atoms with E-state index in [4.69, 9.17) is 9.72 Å². The molecule has 0 aromatic carbocycles. The third-order valence-corrected chi connectivity index (χ3v) is 6.58. The van der Waals surface area contributed by atoms with E-state index in [2.05, 4.69) is 70.7 Å². The zero-order valence-electron chi connectivity index (χ0n) is 19.2. The molecule has 0 saturated carbocycles. The van der Waals surface area contributed by atoms with Gasteiger partial charge in [0, 0.05) is 44.6 Å². The highest BCUT2D eigenvalue weighted by Crippen LogP contribution is 2.34. The largest absolute Gasteiger partial charge is 0.381 e. The van der Waals surface area contributed by atoms with Gasteiger partial charge in [-0.25, -0.2) is 14.5 Å². The number of hydrogen-bond acceptors (Lipinski definition) is 7. The Labute approximate surface area is 189 Å². The van der Waals surface area contributed by atoms with Crippen molar-refractivity contribution < 1.29 is 4.74 Å². The lowest BCUT2D eigenvalue weighted by Crippen LogP contribution is -2.54. The monoisotopic (exact) mass is 435 g/mol. The molecule has 8 nitrogen and oxygen atoms in total. The van der Waals surface area contributed by atoms with Gasteiger partial charge in [0.05, 0.1) is 11.7 Å². The fraction of sp³-hybridized carbons (Fsp3) is 0.542. The van der Waals surface area contributed by atoms with Crippen LogP contribution in [0.25, 0.3) is 5.52 Å². The molecule has 2 saturated heterocycles. The molecular weight excluding hydrogens is 402 g/mol. The van der Waals surface area contributed by atoms with Gasteiger partial charge in [0.25, 0.3) is 0 Å². The Morgan fingerprint density at radius 1 is 1.12 bits per heavy atom. The van der Waals surface area contributed by atoms with Crippen molar-refractivity contribution in [3.8, 4) is 0 Å². The van der Waals surface area contributed by atoms with Crippen LogP contribution in [0.4, 0.5) is 11.6 Å². The second-order valence-corrected chi connectivity index (χ2v) is 9.22. The zero-order valence-corrected chi connectivity index (χ0v) is 19.2. The number of ether oxygens (including phenoxy) is 1. The van der Waals surface area contributed by atoms with E-state index in [9.17, 15) is 0 Å². The molecule has 3 atom stereocenters. The van der Waals surface area contributed by atoms with Crippen LogP contribution in [0.2, 0.25) is 0 Å². The molecule has 2 aliphatic heterocycles. The van der Waals surface area contributed by atoms with E-state index in [0.717, 1.165) is 62.0 Å². The predicted octanol–water partition coefficient (Wildman–Crippen LogP) is 3.38. The summed E-state index contributed by atoms with van der Waals surface area (Å²) in [5, 5.41) is 11.6. The quantitative estimate of drug-likeness (QED) is 0.636. The van der Waals surface area contributed by atoms with Crippen LogP contribution in [0, 0.1) is 0 Å². The van der Waals surface area contributed by atoms with Crippen molar-refractivity contribution >= 4 is 17.2 Å². The van der Waals surface area contributed by atoms with Crippen molar-refractivity contribution in [2.75, 3.05) is 36.5 Å². The molecule has 5 rings (SSSR count). The van der Waals surface area contributed by atoms with Gasteiger partial charge in [0.1, 0.15) is 17.7 Å². The van der Waals surface area contributed by atoms with E-state index in [1.54, 1.807) is 6.33 Å². The zero-order chi connectivity index (χ0) is 22.1. The molecular formula is C24H33N7O. The number of nitrogens with one attached hydrogen (secondary N) is 2. The van der Waals surface area contributed by atoms with Crippen LogP contribution < -0.4 is 15.5 Å². The fourth-order valence-corrected chi connectivity index (χ4v) is 5.07. The molecule has 170 valence electrons. The van der Waals surface area contributed by atoms with Crippen molar-refractivity contribution in [2.45, 2.75) is 57.7 Å². The Kier molecular flexibility index (Phi) is 5.97. The standard InChI is InChI=1S/C24H33N7O/c1-16-13-30(14-17(2)27-16)22-6-4-5-21(29-22)18(3)28-24-23-20(19-8-11-32-12-9-19)7-10-31(23)26-15-25-24/h4-7,10,15-19,27H,8-9,11-14H2,1-3H3,(H,25,26,28)/t16-,17+,18?. The first-order chi connectivity index (χ1) is 15.6. The SMILES string of the molecule is CC(Nc1ncnn2ccc(C3CCOCC3)c12)c1cccc(N2C[C@@H](C)N[C@@H](C)C2)n1. The molecule has 2 fully saturated rings. The van der Waals surface area contributed by atoms with Crippen LogP contribution in [0.1, 0.15) is 56.8 Å². The van der Waals surface area contributed by atoms with Gasteiger partial charge in [-0.05, 0) is 63.3 Å². The van der Waals surface area contributed by atoms with Crippen LogP contribution in [0.5, 0.6) is 0 Å². The molecule has 0 bridgehead atoms. The van der Waals surface area contributed by atoms with Gasteiger partial charge in [-0.2, -0.15) is 5.10 Å². The lowest BCUT2D eigenvalue weighted by Gasteiger charge is -2.37. The lowest BCUT2D eigenvalue weighted by atomic mass is 9.92. The number of pyridine rings is 1. The third kappa shape index (κ3) is 4.29. The van der Waals surface area contributed by atoms with Gasteiger partial charge >= 0.3 is 0 Å². The molecule has 2 N–H and O–H groups in total. The number of piperazine rings is 1. The maximum absolute atomic E-state index is 5.57. The summed E-state index contributed by atoms with van der Waals surface area (Å²) in [5.41, 5.74) is 3.37. The highest BCUT2D eigenvalue weighted by molar-refractivity contribution is 5.73. The van der Waals surface area contributed by atoms with Crippen LogP contribution in [-0.4, -0.2) is 58.0 Å². The second-order valence-electron chi connectivity index (χ2n) is 9.22. The Morgan fingerprint density at radius 3 is 2.69 bits per heavy atom. The van der Waals surface area contributed by atoms with Crippen LogP contribution in [-0.2, 0) is 4.74 Å². The summed E-state index contributed by atoms with van der Waals surface area (Å²) >= 11 is 0. The summed E-state index contributed by atoms with van der Waals surface area (Å²) in [4.78, 5) is 12.0. The molecule has 0 spiro atoms. The highest BCUT2D eigenvalue weighted by Gasteiger charge is 2.24. The second kappa shape index (κ2) is 9.03.